The minimum atomic E-state index is -1.15. The molecular formula is C20H24N9O5S3+. The van der Waals surface area contributed by atoms with E-state index < -0.39 is 11.9 Å². The van der Waals surface area contributed by atoms with Crippen molar-refractivity contribution in [3.05, 3.63) is 28.4 Å². The van der Waals surface area contributed by atoms with Crippen molar-refractivity contribution in [2.24, 2.45) is 5.16 Å². The fourth-order valence-corrected chi connectivity index (χ4v) is 6.50. The van der Waals surface area contributed by atoms with E-state index in [-0.39, 0.29) is 64.2 Å². The Labute approximate surface area is 223 Å². The number of aliphatic carboxylic acids is 1. The number of nitrogens with two attached hydrogens (primary N) is 3. The number of carbonyl (C=O) groups is 3. The van der Waals surface area contributed by atoms with E-state index in [9.17, 15) is 19.5 Å². The van der Waals surface area contributed by atoms with Gasteiger partial charge in [0.25, 0.3) is 5.91 Å². The van der Waals surface area contributed by atoms with Crippen LogP contribution in [0.4, 0.5) is 16.8 Å². The molecule has 0 aromatic carbocycles. The molecule has 0 bridgehead atoms. The predicted octanol–water partition coefficient (Wildman–Crippen LogP) is -0.177. The number of nitrogens with zero attached hydrogens (tertiary/aromatic N) is 5. The van der Waals surface area contributed by atoms with Crippen LogP contribution >= 0.6 is 34.9 Å². The van der Waals surface area contributed by atoms with Crippen LogP contribution in [0.15, 0.2) is 33.0 Å². The molecule has 8 N–H and O–H groups in total. The van der Waals surface area contributed by atoms with Crippen molar-refractivity contribution >= 4 is 75.1 Å². The SMILES string of the molecule is CCO/N=C(\C(=O)NC[n+]1c(N)cc(N)nc1SCC1=C(C(=O)O)N2C(=O)CC2SC1)c1csc(N)n1. The van der Waals surface area contributed by atoms with Crippen LogP contribution in [0.25, 0.3) is 0 Å². The van der Waals surface area contributed by atoms with E-state index in [1.165, 1.54) is 39.1 Å². The molecule has 1 atom stereocenters. The minimum Gasteiger partial charge on any atom is -0.477 e. The summed E-state index contributed by atoms with van der Waals surface area (Å²) in [4.78, 5) is 51.6. The number of thiazole rings is 1. The first-order valence-electron chi connectivity index (χ1n) is 10.9. The van der Waals surface area contributed by atoms with Gasteiger partial charge in [0.15, 0.2) is 10.8 Å². The molecule has 2 aromatic rings. The summed E-state index contributed by atoms with van der Waals surface area (Å²) >= 11 is 3.86. The quantitative estimate of drug-likeness (QED) is 0.0632. The van der Waals surface area contributed by atoms with Gasteiger partial charge in [-0.1, -0.05) is 10.1 Å². The Hall–Kier alpha value is -3.57. The van der Waals surface area contributed by atoms with Crippen molar-refractivity contribution in [2.45, 2.75) is 30.5 Å². The minimum absolute atomic E-state index is 0.00328. The summed E-state index contributed by atoms with van der Waals surface area (Å²) in [7, 11) is 0. The predicted molar refractivity (Wildman–Crippen MR) is 139 cm³/mol. The molecule has 2 amide bonds. The number of amides is 2. The number of rotatable bonds is 10. The van der Waals surface area contributed by atoms with Gasteiger partial charge in [-0.2, -0.15) is 0 Å². The van der Waals surface area contributed by atoms with Gasteiger partial charge in [0.2, 0.25) is 17.5 Å². The molecule has 4 heterocycles. The Morgan fingerprint density at radius 2 is 2.16 bits per heavy atom. The highest BCUT2D eigenvalue weighted by atomic mass is 32.2. The lowest BCUT2D eigenvalue weighted by Gasteiger charge is -2.43. The molecule has 2 aliphatic rings. The smallest absolute Gasteiger partial charge is 0.352 e. The van der Waals surface area contributed by atoms with Crippen LogP contribution in [0.3, 0.4) is 0 Å². The van der Waals surface area contributed by atoms with Gasteiger partial charge in [-0.15, -0.1) is 23.1 Å². The van der Waals surface area contributed by atoms with E-state index in [0.29, 0.717) is 22.9 Å². The maximum absolute atomic E-state index is 12.9. The van der Waals surface area contributed by atoms with Crippen LogP contribution in [0.1, 0.15) is 19.0 Å². The third kappa shape index (κ3) is 5.72. The number of carboxylic acid groups (broad SMARTS) is 1. The van der Waals surface area contributed by atoms with Gasteiger partial charge >= 0.3 is 11.1 Å². The van der Waals surface area contributed by atoms with Gasteiger partial charge in [0.05, 0.1) is 17.9 Å². The number of nitrogens with one attached hydrogen (secondary N) is 1. The highest BCUT2D eigenvalue weighted by Gasteiger charge is 2.45. The van der Waals surface area contributed by atoms with Crippen LogP contribution in [-0.4, -0.2) is 67.0 Å². The first-order chi connectivity index (χ1) is 17.7. The number of carboxylic acids is 1. The van der Waals surface area contributed by atoms with Crippen LogP contribution in [-0.2, 0) is 25.9 Å². The monoisotopic (exact) mass is 566 g/mol. The zero-order valence-electron chi connectivity index (χ0n) is 19.5. The number of nitrogen functional groups attached to an aromatic ring is 3. The van der Waals surface area contributed by atoms with Crippen LogP contribution in [0.2, 0.25) is 0 Å². The molecule has 17 heteroatoms. The number of hydrogen-bond donors (Lipinski definition) is 5. The Balaban J connectivity index is 1.53. The molecule has 1 saturated heterocycles. The van der Waals surface area contributed by atoms with E-state index in [2.05, 4.69) is 20.4 Å². The number of anilines is 3. The average molecular weight is 567 g/mol. The number of oxime groups is 1. The lowest BCUT2D eigenvalue weighted by Crippen LogP contribution is -2.54. The molecule has 37 heavy (non-hydrogen) atoms. The Morgan fingerprint density at radius 3 is 2.81 bits per heavy atom. The lowest BCUT2D eigenvalue weighted by molar-refractivity contribution is -0.725. The van der Waals surface area contributed by atoms with Crippen molar-refractivity contribution in [3.63, 3.8) is 0 Å². The van der Waals surface area contributed by atoms with Crippen LogP contribution < -0.4 is 27.1 Å². The van der Waals surface area contributed by atoms with Gasteiger partial charge in [-0.3, -0.25) is 14.5 Å². The molecular weight excluding hydrogens is 542 g/mol. The van der Waals surface area contributed by atoms with Gasteiger partial charge in [0, 0.05) is 16.9 Å². The number of β-lactam (4-membered cyclic amide) rings is 1. The highest BCUT2D eigenvalue weighted by molar-refractivity contribution is 8.00. The van der Waals surface area contributed by atoms with E-state index in [1.807, 2.05) is 0 Å². The van der Waals surface area contributed by atoms with Crippen molar-refractivity contribution < 1.29 is 28.9 Å². The van der Waals surface area contributed by atoms with Crippen molar-refractivity contribution in [1.82, 2.24) is 20.2 Å². The largest absolute Gasteiger partial charge is 0.477 e. The Bertz CT molecular complexity index is 1310. The summed E-state index contributed by atoms with van der Waals surface area (Å²) in [6, 6.07) is 1.44. The first-order valence-corrected chi connectivity index (χ1v) is 13.8. The molecule has 0 saturated carbocycles. The first kappa shape index (κ1) is 26.5. The fourth-order valence-electron chi connectivity index (χ4n) is 3.52. The number of thioether (sulfide) groups is 2. The topological polar surface area (TPSA) is 216 Å². The van der Waals surface area contributed by atoms with Crippen molar-refractivity contribution in [3.8, 4) is 0 Å². The van der Waals surface area contributed by atoms with E-state index in [4.69, 9.17) is 22.0 Å². The summed E-state index contributed by atoms with van der Waals surface area (Å²) in [5, 5.41) is 18.4. The Kier molecular flexibility index (Phi) is 8.03. The van der Waals surface area contributed by atoms with Gasteiger partial charge < -0.3 is 32.5 Å². The van der Waals surface area contributed by atoms with Gasteiger partial charge in [-0.25, -0.2) is 14.3 Å². The maximum atomic E-state index is 12.9. The molecule has 0 aliphatic carbocycles. The summed E-state index contributed by atoms with van der Waals surface area (Å²) in [5.41, 5.74) is 18.5. The number of fused-ring (bicyclic) bond motifs is 1. The molecule has 4 rings (SSSR count). The zero-order valence-corrected chi connectivity index (χ0v) is 22.0. The van der Waals surface area contributed by atoms with Crippen molar-refractivity contribution in [1.29, 1.82) is 0 Å². The molecule has 2 aromatic heterocycles. The molecule has 1 unspecified atom stereocenters. The second-order valence-electron chi connectivity index (χ2n) is 7.69. The molecule has 2 aliphatic heterocycles. The van der Waals surface area contributed by atoms with E-state index >= 15 is 0 Å². The molecule has 0 radical (unpaired) electrons. The van der Waals surface area contributed by atoms with E-state index in [0.717, 1.165) is 11.3 Å². The molecule has 14 nitrogen and oxygen atoms in total. The third-order valence-corrected chi connectivity index (χ3v) is 8.25. The maximum Gasteiger partial charge on any atom is 0.352 e. The molecule has 1 fully saturated rings. The number of aromatic nitrogens is 3. The normalized spacial score (nSPS) is 17.3. The van der Waals surface area contributed by atoms with E-state index in [1.54, 1.807) is 12.3 Å². The third-order valence-electron chi connectivity index (χ3n) is 5.24. The standard InChI is InChI=1S/C20H23N9O5S3/c1-2-34-27-15(10-7-36-19(23)25-10)17(31)24-8-28-12(22)3-11(21)26-20(28)37-6-9-5-35-14-4-13(30)29(14)16(9)18(32)33/h3,7,14H,2,4-6,8H2,1H3,(H7,21,22,23,24,25,31,32,33)/p+1/b27-15-. The van der Waals surface area contributed by atoms with Gasteiger partial charge in [-0.05, 0) is 24.3 Å². The van der Waals surface area contributed by atoms with Crippen molar-refractivity contribution in [2.75, 3.05) is 35.3 Å². The molecule has 0 spiro atoms. The summed E-state index contributed by atoms with van der Waals surface area (Å²) < 4.78 is 1.52. The summed E-state index contributed by atoms with van der Waals surface area (Å²) in [6.07, 6.45) is 0.330. The zero-order chi connectivity index (χ0) is 26.7. The fraction of sp³-hybridized carbons (Fsp3) is 0.350. The van der Waals surface area contributed by atoms with Crippen LogP contribution in [0, 0.1) is 0 Å². The van der Waals surface area contributed by atoms with Gasteiger partial charge in [0.1, 0.15) is 24.7 Å². The summed E-state index contributed by atoms with van der Waals surface area (Å²) in [5.74, 6) is -0.885. The second-order valence-corrected chi connectivity index (χ2v) is 10.7. The average Bonchev–Trinajstić information content (AvgIpc) is 3.27. The molecule has 196 valence electrons. The Morgan fingerprint density at radius 1 is 1.38 bits per heavy atom. The summed E-state index contributed by atoms with van der Waals surface area (Å²) in [6.45, 7) is 1.87. The highest BCUT2D eigenvalue weighted by Crippen LogP contribution is 2.41. The number of carbonyl (C=O) groups excluding carboxylic acids is 2. The van der Waals surface area contributed by atoms with Crippen LogP contribution in [0.5, 0.6) is 0 Å². The second kappa shape index (κ2) is 11.2. The lowest BCUT2D eigenvalue weighted by atomic mass is 10.1. The number of hydrogen-bond acceptors (Lipinski definition) is 13.